The van der Waals surface area contributed by atoms with Gasteiger partial charge in [0.2, 0.25) is 0 Å². The van der Waals surface area contributed by atoms with Crippen molar-refractivity contribution in [2.24, 2.45) is 7.05 Å². The van der Waals surface area contributed by atoms with Crippen molar-refractivity contribution in [1.82, 2.24) is 14.9 Å². The Hall–Kier alpha value is -3.74. The zero-order chi connectivity index (χ0) is 19.7. The summed E-state index contributed by atoms with van der Waals surface area (Å²) in [6.45, 7) is 0. The van der Waals surface area contributed by atoms with Crippen molar-refractivity contribution >= 4 is 16.9 Å². The molecule has 0 spiro atoms. The van der Waals surface area contributed by atoms with E-state index in [-0.39, 0.29) is 11.2 Å². The summed E-state index contributed by atoms with van der Waals surface area (Å²) in [5.41, 5.74) is 0.525. The highest BCUT2D eigenvalue weighted by atomic mass is 19.1. The minimum atomic E-state index is -0.722. The third-order valence-electron chi connectivity index (χ3n) is 4.43. The summed E-state index contributed by atoms with van der Waals surface area (Å²) in [7, 11) is 1.77. The van der Waals surface area contributed by atoms with Gasteiger partial charge >= 0.3 is 0 Å². The lowest BCUT2D eigenvalue weighted by molar-refractivity contribution is 0.0913. The molecule has 2 aromatic heterocycles. The molecule has 0 radical (unpaired) electrons. The first-order valence-electron chi connectivity index (χ1n) is 8.59. The molecular weight excluding hydrogens is 361 g/mol. The van der Waals surface area contributed by atoms with E-state index in [1.54, 1.807) is 60.4 Å². The van der Waals surface area contributed by atoms with Gasteiger partial charge < -0.3 is 14.3 Å². The number of carbonyl (C=O) groups excluding carboxylic acids is 1. The molecule has 140 valence electrons. The van der Waals surface area contributed by atoms with Crippen molar-refractivity contribution in [3.63, 3.8) is 0 Å². The monoisotopic (exact) mass is 377 g/mol. The summed E-state index contributed by atoms with van der Waals surface area (Å²) in [5, 5.41) is 3.18. The Bertz CT molecular complexity index is 1230. The Morgan fingerprint density at radius 3 is 2.75 bits per heavy atom. The molecule has 2 heterocycles. The van der Waals surface area contributed by atoms with Crippen molar-refractivity contribution in [3.8, 4) is 0 Å². The standard InChI is InChI=1S/C21H16FN3O3/c1-25-10-9-23-20(25)19(13-5-4-6-14(22)11-13)24-21(27)18-12-16(26)15-7-2-3-8-17(15)28-18/h2-12,19H,1H3,(H,24,27). The number of fused-ring (bicyclic) bond motifs is 1. The number of halogens is 1. The highest BCUT2D eigenvalue weighted by Gasteiger charge is 2.23. The molecule has 0 bridgehead atoms. The van der Waals surface area contributed by atoms with Crippen LogP contribution >= 0.6 is 0 Å². The molecule has 7 heteroatoms. The molecule has 6 nitrogen and oxygen atoms in total. The molecule has 0 aliphatic carbocycles. The van der Waals surface area contributed by atoms with Gasteiger partial charge in [-0.2, -0.15) is 0 Å². The summed E-state index contributed by atoms with van der Waals surface area (Å²) < 4.78 is 21.1. The number of hydrogen-bond acceptors (Lipinski definition) is 4. The average Bonchev–Trinajstić information content (AvgIpc) is 3.11. The highest BCUT2D eigenvalue weighted by Crippen LogP contribution is 2.22. The van der Waals surface area contributed by atoms with Gasteiger partial charge in [-0.25, -0.2) is 9.37 Å². The predicted molar refractivity (Wildman–Crippen MR) is 101 cm³/mol. The number of hydrogen-bond donors (Lipinski definition) is 1. The first kappa shape index (κ1) is 17.7. The Balaban J connectivity index is 1.74. The summed E-state index contributed by atoms with van der Waals surface area (Å²) in [6, 6.07) is 13.0. The molecule has 1 atom stereocenters. The molecule has 2 aromatic carbocycles. The second kappa shape index (κ2) is 7.11. The zero-order valence-electron chi connectivity index (χ0n) is 14.9. The van der Waals surface area contributed by atoms with Crippen LogP contribution in [-0.4, -0.2) is 15.5 Å². The quantitative estimate of drug-likeness (QED) is 0.593. The van der Waals surface area contributed by atoms with E-state index in [1.165, 1.54) is 12.1 Å². The van der Waals surface area contributed by atoms with Crippen LogP contribution in [0.25, 0.3) is 11.0 Å². The van der Waals surface area contributed by atoms with E-state index in [2.05, 4.69) is 10.3 Å². The van der Waals surface area contributed by atoms with Crippen LogP contribution in [-0.2, 0) is 7.05 Å². The van der Waals surface area contributed by atoms with Crippen molar-refractivity contribution in [2.45, 2.75) is 6.04 Å². The molecule has 0 saturated carbocycles. The van der Waals surface area contributed by atoms with Crippen molar-refractivity contribution in [1.29, 1.82) is 0 Å². The van der Waals surface area contributed by atoms with Crippen LogP contribution in [0.5, 0.6) is 0 Å². The van der Waals surface area contributed by atoms with Crippen LogP contribution in [0.3, 0.4) is 0 Å². The molecule has 1 amide bonds. The van der Waals surface area contributed by atoms with Gasteiger partial charge in [0, 0.05) is 25.5 Å². The zero-order valence-corrected chi connectivity index (χ0v) is 14.9. The number of carbonyl (C=O) groups is 1. The third-order valence-corrected chi connectivity index (χ3v) is 4.43. The predicted octanol–water partition coefficient (Wildman–Crippen LogP) is 3.19. The Morgan fingerprint density at radius 2 is 2.00 bits per heavy atom. The number of nitrogens with one attached hydrogen (secondary N) is 1. The largest absolute Gasteiger partial charge is 0.451 e. The molecule has 1 N–H and O–H groups in total. The summed E-state index contributed by atoms with van der Waals surface area (Å²) in [4.78, 5) is 29.4. The number of benzene rings is 2. The second-order valence-electron chi connectivity index (χ2n) is 6.33. The number of aromatic nitrogens is 2. The molecule has 0 saturated heterocycles. The Labute approximate surface area is 159 Å². The molecule has 28 heavy (non-hydrogen) atoms. The fourth-order valence-corrected chi connectivity index (χ4v) is 3.06. The number of para-hydroxylation sites is 1. The van der Waals surface area contributed by atoms with E-state index in [1.807, 2.05) is 0 Å². The van der Waals surface area contributed by atoms with E-state index in [4.69, 9.17) is 4.42 Å². The number of rotatable bonds is 4. The first-order valence-corrected chi connectivity index (χ1v) is 8.59. The van der Waals surface area contributed by atoms with Crippen LogP contribution in [0, 0.1) is 5.82 Å². The molecule has 0 fully saturated rings. The fraction of sp³-hybridized carbons (Fsp3) is 0.0952. The molecule has 0 aliphatic rings. The molecule has 0 aliphatic heterocycles. The number of aryl methyl sites for hydroxylation is 1. The number of amides is 1. The number of imidazole rings is 1. The van der Waals surface area contributed by atoms with Gasteiger partial charge in [-0.15, -0.1) is 0 Å². The summed E-state index contributed by atoms with van der Waals surface area (Å²) >= 11 is 0. The summed E-state index contributed by atoms with van der Waals surface area (Å²) in [6.07, 6.45) is 3.31. The SMILES string of the molecule is Cn1ccnc1C(NC(=O)c1cc(=O)c2ccccc2o1)c1cccc(F)c1. The second-order valence-corrected chi connectivity index (χ2v) is 6.33. The molecule has 4 aromatic rings. The topological polar surface area (TPSA) is 77.1 Å². The molecule has 4 rings (SSSR count). The third kappa shape index (κ3) is 3.29. The van der Waals surface area contributed by atoms with Crippen molar-refractivity contribution in [3.05, 3.63) is 100 Å². The highest BCUT2D eigenvalue weighted by molar-refractivity contribution is 5.93. The van der Waals surface area contributed by atoms with Crippen LogP contribution in [0.2, 0.25) is 0 Å². The minimum Gasteiger partial charge on any atom is -0.451 e. The van der Waals surface area contributed by atoms with Gasteiger partial charge in [-0.05, 0) is 29.8 Å². The average molecular weight is 377 g/mol. The van der Waals surface area contributed by atoms with E-state index >= 15 is 0 Å². The van der Waals surface area contributed by atoms with E-state index in [0.717, 1.165) is 6.07 Å². The van der Waals surface area contributed by atoms with Crippen molar-refractivity contribution < 1.29 is 13.6 Å². The number of nitrogens with zero attached hydrogens (tertiary/aromatic N) is 2. The minimum absolute atomic E-state index is 0.126. The van der Waals surface area contributed by atoms with E-state index < -0.39 is 17.8 Å². The fourth-order valence-electron chi connectivity index (χ4n) is 3.06. The van der Waals surface area contributed by atoms with E-state index in [0.29, 0.717) is 22.4 Å². The van der Waals surface area contributed by atoms with Gasteiger partial charge in [0.1, 0.15) is 23.3 Å². The van der Waals surface area contributed by atoms with Gasteiger partial charge in [0.05, 0.1) is 5.39 Å². The van der Waals surface area contributed by atoms with Crippen LogP contribution in [0.15, 0.2) is 76.2 Å². The maximum absolute atomic E-state index is 13.8. The lowest BCUT2D eigenvalue weighted by Gasteiger charge is -2.19. The smallest absolute Gasteiger partial charge is 0.288 e. The Kier molecular flexibility index (Phi) is 4.49. The normalized spacial score (nSPS) is 12.1. The maximum atomic E-state index is 13.8. The van der Waals surface area contributed by atoms with Gasteiger partial charge in [0.15, 0.2) is 11.2 Å². The van der Waals surface area contributed by atoms with Gasteiger partial charge in [0.25, 0.3) is 5.91 Å². The van der Waals surface area contributed by atoms with Gasteiger partial charge in [-0.1, -0.05) is 24.3 Å². The van der Waals surface area contributed by atoms with Crippen molar-refractivity contribution in [2.75, 3.05) is 0 Å². The first-order chi connectivity index (χ1) is 13.5. The van der Waals surface area contributed by atoms with Crippen LogP contribution in [0.4, 0.5) is 4.39 Å². The molecular formula is C21H16FN3O3. The van der Waals surface area contributed by atoms with Crippen LogP contribution < -0.4 is 10.7 Å². The summed E-state index contributed by atoms with van der Waals surface area (Å²) in [5.74, 6) is -0.635. The Morgan fingerprint density at radius 1 is 1.18 bits per heavy atom. The molecule has 1 unspecified atom stereocenters. The van der Waals surface area contributed by atoms with E-state index in [9.17, 15) is 14.0 Å². The lowest BCUT2D eigenvalue weighted by atomic mass is 10.1. The maximum Gasteiger partial charge on any atom is 0.288 e. The van der Waals surface area contributed by atoms with Gasteiger partial charge in [-0.3, -0.25) is 9.59 Å². The van der Waals surface area contributed by atoms with Crippen LogP contribution in [0.1, 0.15) is 28.0 Å². The lowest BCUT2D eigenvalue weighted by Crippen LogP contribution is -2.31.